The number of nitrogens with two attached hydrogens (primary N) is 1. The standard InChI is InChI=1S/C18H31N3O5/c1-18(2,3)26-17(22)21-8-10-25-12-11-24-9-7-20-16-6-5-14(23-4)13-15(16)19/h5-6,13,20H,7-12,19H2,1-4H3,(H,21,22). The monoisotopic (exact) mass is 369 g/mol. The summed E-state index contributed by atoms with van der Waals surface area (Å²) in [6.07, 6.45) is -0.443. The number of rotatable bonds is 11. The number of alkyl carbamates (subject to hydrolysis) is 1. The number of hydrogen-bond donors (Lipinski definition) is 3. The number of carbonyl (C=O) groups is 1. The summed E-state index contributed by atoms with van der Waals surface area (Å²) >= 11 is 0. The molecular weight excluding hydrogens is 338 g/mol. The van der Waals surface area contributed by atoms with Crippen molar-refractivity contribution in [1.82, 2.24) is 5.32 Å². The molecular formula is C18H31N3O5. The number of hydrogen-bond acceptors (Lipinski definition) is 7. The van der Waals surface area contributed by atoms with E-state index in [0.717, 1.165) is 11.4 Å². The van der Waals surface area contributed by atoms with E-state index in [0.29, 0.717) is 45.2 Å². The summed E-state index contributed by atoms with van der Waals surface area (Å²) in [6.45, 7) is 8.36. The van der Waals surface area contributed by atoms with Crippen molar-refractivity contribution >= 4 is 17.5 Å². The van der Waals surface area contributed by atoms with Crippen molar-refractivity contribution in [2.75, 3.05) is 57.7 Å². The van der Waals surface area contributed by atoms with Crippen LogP contribution in [-0.4, -0.2) is 58.3 Å². The molecule has 0 radical (unpaired) electrons. The van der Waals surface area contributed by atoms with Crippen LogP contribution in [-0.2, 0) is 14.2 Å². The highest BCUT2D eigenvalue weighted by Gasteiger charge is 2.15. The van der Waals surface area contributed by atoms with Gasteiger partial charge in [-0.15, -0.1) is 0 Å². The summed E-state index contributed by atoms with van der Waals surface area (Å²) < 4.78 is 21.1. The number of nitrogens with one attached hydrogen (secondary N) is 2. The number of benzene rings is 1. The van der Waals surface area contributed by atoms with Gasteiger partial charge in [0.15, 0.2) is 0 Å². The number of methoxy groups -OCH3 is 1. The molecule has 1 aromatic rings. The van der Waals surface area contributed by atoms with Gasteiger partial charge in [0.05, 0.1) is 44.9 Å². The summed E-state index contributed by atoms with van der Waals surface area (Å²) in [7, 11) is 1.60. The zero-order chi connectivity index (χ0) is 19.4. The molecule has 1 rings (SSSR count). The van der Waals surface area contributed by atoms with E-state index < -0.39 is 11.7 Å². The maximum atomic E-state index is 11.4. The smallest absolute Gasteiger partial charge is 0.407 e. The lowest BCUT2D eigenvalue weighted by Crippen LogP contribution is -2.34. The number of ether oxygens (including phenoxy) is 4. The van der Waals surface area contributed by atoms with Gasteiger partial charge in [-0.3, -0.25) is 0 Å². The van der Waals surface area contributed by atoms with Crippen LogP contribution in [0.15, 0.2) is 18.2 Å². The number of nitrogen functional groups attached to an aromatic ring is 1. The average molecular weight is 369 g/mol. The SMILES string of the molecule is COc1ccc(NCCOCCOCCNC(=O)OC(C)(C)C)c(N)c1. The van der Waals surface area contributed by atoms with Gasteiger partial charge in [0, 0.05) is 19.2 Å². The Hall–Kier alpha value is -2.19. The molecule has 0 atom stereocenters. The minimum absolute atomic E-state index is 0.396. The van der Waals surface area contributed by atoms with Gasteiger partial charge in [-0.25, -0.2) is 4.79 Å². The second kappa shape index (κ2) is 11.4. The van der Waals surface area contributed by atoms with Crippen LogP contribution >= 0.6 is 0 Å². The molecule has 4 N–H and O–H groups in total. The van der Waals surface area contributed by atoms with Gasteiger partial charge in [-0.1, -0.05) is 0 Å². The third-order valence-corrected chi connectivity index (χ3v) is 3.11. The minimum Gasteiger partial charge on any atom is -0.497 e. The molecule has 0 aliphatic rings. The maximum Gasteiger partial charge on any atom is 0.407 e. The molecule has 0 aliphatic heterocycles. The highest BCUT2D eigenvalue weighted by Crippen LogP contribution is 2.23. The summed E-state index contributed by atoms with van der Waals surface area (Å²) in [6, 6.07) is 5.48. The van der Waals surface area contributed by atoms with E-state index in [-0.39, 0.29) is 0 Å². The van der Waals surface area contributed by atoms with Crippen LogP contribution in [0.3, 0.4) is 0 Å². The van der Waals surface area contributed by atoms with E-state index in [1.54, 1.807) is 13.2 Å². The molecule has 0 saturated carbocycles. The normalized spacial score (nSPS) is 11.1. The van der Waals surface area contributed by atoms with E-state index in [1.807, 2.05) is 32.9 Å². The van der Waals surface area contributed by atoms with Crippen LogP contribution in [0.2, 0.25) is 0 Å². The van der Waals surface area contributed by atoms with Crippen LogP contribution < -0.4 is 21.1 Å². The van der Waals surface area contributed by atoms with Crippen molar-refractivity contribution in [3.05, 3.63) is 18.2 Å². The Balaban J connectivity index is 1.97. The lowest BCUT2D eigenvalue weighted by atomic mass is 10.2. The Bertz CT molecular complexity index is 546. The van der Waals surface area contributed by atoms with Gasteiger partial charge < -0.3 is 35.3 Å². The Morgan fingerprint density at radius 3 is 2.31 bits per heavy atom. The Morgan fingerprint density at radius 1 is 1.08 bits per heavy atom. The van der Waals surface area contributed by atoms with Crippen molar-refractivity contribution in [1.29, 1.82) is 0 Å². The zero-order valence-electron chi connectivity index (χ0n) is 16.1. The lowest BCUT2D eigenvalue weighted by Gasteiger charge is -2.19. The molecule has 1 amide bonds. The Labute approximate surface area is 155 Å². The van der Waals surface area contributed by atoms with E-state index in [2.05, 4.69) is 10.6 Å². The van der Waals surface area contributed by atoms with Gasteiger partial charge in [0.25, 0.3) is 0 Å². The molecule has 1 aromatic carbocycles. The van der Waals surface area contributed by atoms with Crippen LogP contribution in [0.25, 0.3) is 0 Å². The second-order valence-electron chi connectivity index (χ2n) is 6.53. The molecule has 0 bridgehead atoms. The van der Waals surface area contributed by atoms with Gasteiger partial charge in [0.1, 0.15) is 11.4 Å². The van der Waals surface area contributed by atoms with Gasteiger partial charge in [-0.2, -0.15) is 0 Å². The molecule has 0 spiro atoms. The highest BCUT2D eigenvalue weighted by atomic mass is 16.6. The molecule has 0 saturated heterocycles. The quantitative estimate of drug-likeness (QED) is 0.406. The average Bonchev–Trinajstić information content (AvgIpc) is 2.56. The first-order valence-corrected chi connectivity index (χ1v) is 8.61. The van der Waals surface area contributed by atoms with Crippen molar-refractivity contribution in [3.63, 3.8) is 0 Å². The van der Waals surface area contributed by atoms with Crippen molar-refractivity contribution in [2.24, 2.45) is 0 Å². The number of amides is 1. The summed E-state index contributed by atoms with van der Waals surface area (Å²) in [5, 5.41) is 5.82. The van der Waals surface area contributed by atoms with Crippen molar-refractivity contribution < 1.29 is 23.7 Å². The van der Waals surface area contributed by atoms with Crippen LogP contribution in [0.5, 0.6) is 5.75 Å². The minimum atomic E-state index is -0.497. The van der Waals surface area contributed by atoms with E-state index in [1.165, 1.54) is 0 Å². The van der Waals surface area contributed by atoms with Crippen LogP contribution in [0.4, 0.5) is 16.2 Å². The number of carbonyl (C=O) groups excluding carboxylic acids is 1. The molecule has 8 nitrogen and oxygen atoms in total. The van der Waals surface area contributed by atoms with Crippen molar-refractivity contribution in [2.45, 2.75) is 26.4 Å². The first-order valence-electron chi connectivity index (χ1n) is 8.61. The molecule has 0 unspecified atom stereocenters. The predicted octanol–water partition coefficient (Wildman–Crippen LogP) is 2.25. The van der Waals surface area contributed by atoms with E-state index >= 15 is 0 Å². The zero-order valence-corrected chi connectivity index (χ0v) is 16.1. The van der Waals surface area contributed by atoms with Crippen LogP contribution in [0, 0.1) is 0 Å². The predicted molar refractivity (Wildman–Crippen MR) is 102 cm³/mol. The maximum absolute atomic E-state index is 11.4. The molecule has 0 fully saturated rings. The second-order valence-corrected chi connectivity index (χ2v) is 6.53. The van der Waals surface area contributed by atoms with Crippen molar-refractivity contribution in [3.8, 4) is 5.75 Å². The topological polar surface area (TPSA) is 104 Å². The highest BCUT2D eigenvalue weighted by molar-refractivity contribution is 5.68. The molecule has 0 aliphatic carbocycles. The molecule has 0 heterocycles. The summed E-state index contributed by atoms with van der Waals surface area (Å²) in [4.78, 5) is 11.4. The van der Waals surface area contributed by atoms with Gasteiger partial charge >= 0.3 is 6.09 Å². The Morgan fingerprint density at radius 2 is 1.73 bits per heavy atom. The summed E-state index contributed by atoms with van der Waals surface area (Å²) in [5.41, 5.74) is 6.90. The number of anilines is 2. The fraction of sp³-hybridized carbons (Fsp3) is 0.611. The van der Waals surface area contributed by atoms with Crippen LogP contribution in [0.1, 0.15) is 20.8 Å². The van der Waals surface area contributed by atoms with E-state index in [4.69, 9.17) is 24.7 Å². The fourth-order valence-corrected chi connectivity index (χ4v) is 1.95. The first-order chi connectivity index (χ1) is 12.3. The fourth-order valence-electron chi connectivity index (χ4n) is 1.95. The summed E-state index contributed by atoms with van der Waals surface area (Å²) in [5.74, 6) is 0.725. The third kappa shape index (κ3) is 9.95. The molecule has 26 heavy (non-hydrogen) atoms. The van der Waals surface area contributed by atoms with Gasteiger partial charge in [-0.05, 0) is 32.9 Å². The molecule has 148 valence electrons. The first kappa shape index (κ1) is 21.9. The molecule has 0 aromatic heterocycles. The Kier molecular flexibility index (Phi) is 9.61. The van der Waals surface area contributed by atoms with Gasteiger partial charge in [0.2, 0.25) is 0 Å². The molecule has 8 heteroatoms. The lowest BCUT2D eigenvalue weighted by molar-refractivity contribution is 0.0415. The van der Waals surface area contributed by atoms with E-state index in [9.17, 15) is 4.79 Å². The largest absolute Gasteiger partial charge is 0.497 e. The third-order valence-electron chi connectivity index (χ3n) is 3.11.